The van der Waals surface area contributed by atoms with E-state index in [1.165, 1.54) is 6.07 Å². The van der Waals surface area contributed by atoms with Gasteiger partial charge >= 0.3 is 0 Å². The predicted molar refractivity (Wildman–Crippen MR) is 94.4 cm³/mol. The van der Waals surface area contributed by atoms with Gasteiger partial charge in [-0.1, -0.05) is 23.7 Å². The largest absolute Gasteiger partial charge is 0.376 e. The Morgan fingerprint density at radius 2 is 1.83 bits per heavy atom. The number of aryl methyl sites for hydroxylation is 2. The number of nitrogens with zero attached hydrogens (tertiary/aromatic N) is 1. The summed E-state index contributed by atoms with van der Waals surface area (Å²) in [4.78, 5) is 22.5. The number of hydrogen-bond donors (Lipinski definition) is 2. The molecule has 2 rings (SSSR count). The van der Waals surface area contributed by atoms with Gasteiger partial charge < -0.3 is 10.6 Å². The van der Waals surface area contributed by atoms with E-state index in [9.17, 15) is 14.9 Å². The SMILES string of the molecule is Cc1cc(C)c([N+](=O)[O-])cc1NCC(=O)NCc1ccc(Cl)cc1. The number of nitro benzene ring substituents is 1. The zero-order valence-electron chi connectivity index (χ0n) is 13.4. The smallest absolute Gasteiger partial charge is 0.274 e. The van der Waals surface area contributed by atoms with Gasteiger partial charge in [-0.25, -0.2) is 0 Å². The van der Waals surface area contributed by atoms with E-state index in [-0.39, 0.29) is 18.1 Å². The highest BCUT2D eigenvalue weighted by Gasteiger charge is 2.14. The van der Waals surface area contributed by atoms with E-state index < -0.39 is 4.92 Å². The second-order valence-corrected chi connectivity index (χ2v) is 5.90. The number of hydrogen-bond acceptors (Lipinski definition) is 4. The van der Waals surface area contributed by atoms with Gasteiger partial charge in [0.05, 0.1) is 11.5 Å². The maximum atomic E-state index is 11.9. The van der Waals surface area contributed by atoms with Gasteiger partial charge in [0.25, 0.3) is 5.69 Å². The van der Waals surface area contributed by atoms with Crippen molar-refractivity contribution in [2.24, 2.45) is 0 Å². The molecule has 1 amide bonds. The summed E-state index contributed by atoms with van der Waals surface area (Å²) in [6.45, 7) is 3.96. The normalized spacial score (nSPS) is 10.3. The third-order valence-electron chi connectivity index (χ3n) is 3.58. The van der Waals surface area contributed by atoms with Crippen LogP contribution in [0.15, 0.2) is 36.4 Å². The van der Waals surface area contributed by atoms with Crippen LogP contribution in [0.25, 0.3) is 0 Å². The Hall–Kier alpha value is -2.60. The van der Waals surface area contributed by atoms with Crippen LogP contribution in [0.3, 0.4) is 0 Å². The maximum absolute atomic E-state index is 11.9. The van der Waals surface area contributed by atoms with E-state index in [4.69, 9.17) is 11.6 Å². The van der Waals surface area contributed by atoms with E-state index in [1.54, 1.807) is 25.1 Å². The lowest BCUT2D eigenvalue weighted by Gasteiger charge is -2.11. The first-order chi connectivity index (χ1) is 11.4. The Morgan fingerprint density at radius 1 is 1.17 bits per heavy atom. The summed E-state index contributed by atoms with van der Waals surface area (Å²) >= 11 is 5.81. The Morgan fingerprint density at radius 3 is 2.46 bits per heavy atom. The molecule has 126 valence electrons. The molecular weight excluding hydrogens is 330 g/mol. The van der Waals surface area contributed by atoms with Crippen LogP contribution in [0.1, 0.15) is 16.7 Å². The van der Waals surface area contributed by atoms with Gasteiger partial charge in [0, 0.05) is 28.9 Å². The fourth-order valence-electron chi connectivity index (χ4n) is 2.27. The fourth-order valence-corrected chi connectivity index (χ4v) is 2.39. The van der Waals surface area contributed by atoms with Gasteiger partial charge in [-0.15, -0.1) is 0 Å². The highest BCUT2D eigenvalue weighted by atomic mass is 35.5. The monoisotopic (exact) mass is 347 g/mol. The zero-order chi connectivity index (χ0) is 17.7. The second kappa shape index (κ2) is 7.79. The first-order valence-corrected chi connectivity index (χ1v) is 7.75. The van der Waals surface area contributed by atoms with Crippen molar-refractivity contribution >= 4 is 28.9 Å². The molecule has 0 aliphatic heterocycles. The zero-order valence-corrected chi connectivity index (χ0v) is 14.2. The van der Waals surface area contributed by atoms with Gasteiger partial charge in [-0.05, 0) is 43.2 Å². The van der Waals surface area contributed by atoms with Crippen molar-refractivity contribution in [2.75, 3.05) is 11.9 Å². The quantitative estimate of drug-likeness (QED) is 0.617. The van der Waals surface area contributed by atoms with Crippen molar-refractivity contribution < 1.29 is 9.72 Å². The number of nitro groups is 1. The summed E-state index contributed by atoms with van der Waals surface area (Å²) in [5.74, 6) is -0.201. The van der Waals surface area contributed by atoms with Gasteiger partial charge in [-0.3, -0.25) is 14.9 Å². The number of benzene rings is 2. The third-order valence-corrected chi connectivity index (χ3v) is 3.83. The minimum atomic E-state index is -0.430. The molecule has 0 saturated carbocycles. The molecular formula is C17H18ClN3O3. The molecule has 0 fully saturated rings. The lowest BCUT2D eigenvalue weighted by atomic mass is 10.1. The van der Waals surface area contributed by atoms with Crippen molar-refractivity contribution in [3.63, 3.8) is 0 Å². The molecule has 0 atom stereocenters. The van der Waals surface area contributed by atoms with Gasteiger partial charge in [0.15, 0.2) is 0 Å². The number of amides is 1. The van der Waals surface area contributed by atoms with Crippen LogP contribution in [0.4, 0.5) is 11.4 Å². The van der Waals surface area contributed by atoms with Crippen LogP contribution in [0.5, 0.6) is 0 Å². The van der Waals surface area contributed by atoms with Gasteiger partial charge in [0.2, 0.25) is 5.91 Å². The molecule has 0 aliphatic rings. The molecule has 7 heteroatoms. The molecule has 0 saturated heterocycles. The summed E-state index contributed by atoms with van der Waals surface area (Å²) in [5.41, 5.74) is 2.99. The van der Waals surface area contributed by atoms with E-state index in [0.717, 1.165) is 11.1 Å². The second-order valence-electron chi connectivity index (χ2n) is 5.47. The molecule has 0 heterocycles. The van der Waals surface area contributed by atoms with Crippen LogP contribution in [-0.4, -0.2) is 17.4 Å². The number of halogens is 1. The molecule has 0 spiro atoms. The third kappa shape index (κ3) is 4.70. The fraction of sp³-hybridized carbons (Fsp3) is 0.235. The van der Waals surface area contributed by atoms with Crippen LogP contribution in [-0.2, 0) is 11.3 Å². The molecule has 0 aliphatic carbocycles. The highest BCUT2D eigenvalue weighted by Crippen LogP contribution is 2.26. The standard InChI is InChI=1S/C17H18ClN3O3/c1-11-7-12(2)16(21(23)24)8-15(11)19-10-17(22)20-9-13-3-5-14(18)6-4-13/h3-8,19H,9-10H2,1-2H3,(H,20,22). The molecule has 2 aromatic rings. The predicted octanol–water partition coefficient (Wildman–Crippen LogP) is 3.59. The van der Waals surface area contributed by atoms with Gasteiger partial charge in [-0.2, -0.15) is 0 Å². The van der Waals surface area contributed by atoms with Crippen molar-refractivity contribution in [3.8, 4) is 0 Å². The minimum absolute atomic E-state index is 0.0321. The number of rotatable bonds is 6. The molecule has 0 bridgehead atoms. The molecule has 2 aromatic carbocycles. The number of carbonyl (C=O) groups excluding carboxylic acids is 1. The Balaban J connectivity index is 1.93. The average Bonchev–Trinajstić information content (AvgIpc) is 2.53. The van der Waals surface area contributed by atoms with E-state index >= 15 is 0 Å². The summed E-state index contributed by atoms with van der Waals surface area (Å²) in [5, 5.41) is 17.4. The van der Waals surface area contributed by atoms with Crippen LogP contribution in [0.2, 0.25) is 5.02 Å². The highest BCUT2D eigenvalue weighted by molar-refractivity contribution is 6.30. The van der Waals surface area contributed by atoms with Crippen LogP contribution in [0, 0.1) is 24.0 Å². The molecule has 2 N–H and O–H groups in total. The summed E-state index contributed by atoms with van der Waals surface area (Å²) in [7, 11) is 0. The Bertz CT molecular complexity index is 760. The average molecular weight is 348 g/mol. The first-order valence-electron chi connectivity index (χ1n) is 7.37. The molecule has 0 radical (unpaired) electrons. The summed E-state index contributed by atoms with van der Waals surface area (Å²) < 4.78 is 0. The van der Waals surface area contributed by atoms with E-state index in [1.807, 2.05) is 19.1 Å². The number of nitrogens with one attached hydrogen (secondary N) is 2. The van der Waals surface area contributed by atoms with Crippen molar-refractivity contribution in [3.05, 3.63) is 68.2 Å². The lowest BCUT2D eigenvalue weighted by molar-refractivity contribution is -0.385. The number of anilines is 1. The topological polar surface area (TPSA) is 84.3 Å². The van der Waals surface area contributed by atoms with Gasteiger partial charge in [0.1, 0.15) is 0 Å². The van der Waals surface area contributed by atoms with Crippen LogP contribution < -0.4 is 10.6 Å². The van der Waals surface area contributed by atoms with Crippen molar-refractivity contribution in [1.29, 1.82) is 0 Å². The molecule has 24 heavy (non-hydrogen) atoms. The first kappa shape index (κ1) is 17.7. The van der Waals surface area contributed by atoms with E-state index in [0.29, 0.717) is 22.8 Å². The number of carbonyl (C=O) groups is 1. The van der Waals surface area contributed by atoms with Crippen molar-refractivity contribution in [1.82, 2.24) is 5.32 Å². The summed E-state index contributed by atoms with van der Waals surface area (Å²) in [6.07, 6.45) is 0. The Labute approximate surface area is 145 Å². The van der Waals surface area contributed by atoms with E-state index in [2.05, 4.69) is 10.6 Å². The maximum Gasteiger partial charge on any atom is 0.274 e. The molecule has 6 nitrogen and oxygen atoms in total. The van der Waals surface area contributed by atoms with Crippen LogP contribution >= 0.6 is 11.6 Å². The summed E-state index contributed by atoms with van der Waals surface area (Å²) in [6, 6.07) is 10.4. The lowest BCUT2D eigenvalue weighted by Crippen LogP contribution is -2.29. The molecule has 0 unspecified atom stereocenters. The molecule has 0 aromatic heterocycles. The van der Waals surface area contributed by atoms with Crippen molar-refractivity contribution in [2.45, 2.75) is 20.4 Å². The minimum Gasteiger partial charge on any atom is -0.376 e. The Kier molecular flexibility index (Phi) is 5.76.